The van der Waals surface area contributed by atoms with E-state index < -0.39 is 0 Å². The second-order valence-electron chi connectivity index (χ2n) is 4.97. The van der Waals surface area contributed by atoms with E-state index in [4.69, 9.17) is 16.3 Å². The summed E-state index contributed by atoms with van der Waals surface area (Å²) in [5.41, 5.74) is 1.19. The number of rotatable bonds is 8. The second-order valence-corrected chi connectivity index (χ2v) is 6.69. The minimum atomic E-state index is 0.343. The molecule has 1 aromatic carbocycles. The van der Waals surface area contributed by atoms with Crippen LogP contribution >= 0.6 is 22.9 Å². The van der Waals surface area contributed by atoms with Gasteiger partial charge in [-0.25, -0.2) is 4.98 Å². The zero-order chi connectivity index (χ0) is 15.1. The van der Waals surface area contributed by atoms with E-state index in [1.165, 1.54) is 10.4 Å². The number of hydrogen-bond donors (Lipinski definition) is 1. The highest BCUT2D eigenvalue weighted by molar-refractivity contribution is 7.11. The third kappa shape index (κ3) is 5.08. The molecule has 1 atom stereocenters. The second kappa shape index (κ2) is 8.49. The number of ether oxygens (including phenoxy) is 1. The Morgan fingerprint density at radius 1 is 1.38 bits per heavy atom. The van der Waals surface area contributed by atoms with E-state index in [1.54, 1.807) is 18.4 Å². The summed E-state index contributed by atoms with van der Waals surface area (Å²) in [4.78, 5) is 5.64. The molecule has 1 unspecified atom stereocenters. The number of nitrogens with zero attached hydrogens (tertiary/aromatic N) is 1. The average molecular weight is 325 g/mol. The number of aryl methyl sites for hydroxylation is 1. The highest BCUT2D eigenvalue weighted by Gasteiger charge is 2.16. The molecule has 0 bridgehead atoms. The fraction of sp³-hybridized carbons (Fsp3) is 0.438. The smallest absolute Gasteiger partial charge is 0.0896 e. The van der Waals surface area contributed by atoms with E-state index in [-0.39, 0.29) is 0 Å². The summed E-state index contributed by atoms with van der Waals surface area (Å²) < 4.78 is 5.08. The van der Waals surface area contributed by atoms with Gasteiger partial charge in [0.2, 0.25) is 0 Å². The van der Waals surface area contributed by atoms with Crippen LogP contribution in [0, 0.1) is 6.92 Å². The number of nitrogens with one attached hydrogen (secondary N) is 1. The van der Waals surface area contributed by atoms with E-state index in [0.29, 0.717) is 5.92 Å². The van der Waals surface area contributed by atoms with E-state index in [2.05, 4.69) is 16.4 Å². The van der Waals surface area contributed by atoms with Crippen molar-refractivity contribution in [2.24, 2.45) is 0 Å². The van der Waals surface area contributed by atoms with Gasteiger partial charge in [-0.1, -0.05) is 29.8 Å². The van der Waals surface area contributed by atoms with E-state index >= 15 is 0 Å². The molecule has 1 heterocycles. The van der Waals surface area contributed by atoms with Crippen LogP contribution in [0.5, 0.6) is 0 Å². The van der Waals surface area contributed by atoms with Gasteiger partial charge in [0, 0.05) is 42.2 Å². The fourth-order valence-electron chi connectivity index (χ4n) is 2.29. The van der Waals surface area contributed by atoms with Gasteiger partial charge in [0.25, 0.3) is 0 Å². The van der Waals surface area contributed by atoms with Crippen LogP contribution in [0.4, 0.5) is 0 Å². The molecule has 114 valence electrons. The normalized spacial score (nSPS) is 12.5. The van der Waals surface area contributed by atoms with Gasteiger partial charge < -0.3 is 10.1 Å². The first kappa shape index (κ1) is 16.4. The van der Waals surface area contributed by atoms with E-state index in [0.717, 1.165) is 36.1 Å². The minimum Gasteiger partial charge on any atom is -0.383 e. The molecular weight excluding hydrogens is 304 g/mol. The van der Waals surface area contributed by atoms with Crippen molar-refractivity contribution in [3.63, 3.8) is 0 Å². The Morgan fingerprint density at radius 3 is 2.86 bits per heavy atom. The molecular formula is C16H21ClN2OS. The summed E-state index contributed by atoms with van der Waals surface area (Å²) >= 11 is 8.12. The molecule has 0 spiro atoms. The van der Waals surface area contributed by atoms with Gasteiger partial charge in [-0.2, -0.15) is 0 Å². The first-order chi connectivity index (χ1) is 10.2. The van der Waals surface area contributed by atoms with Crippen molar-refractivity contribution in [2.75, 3.05) is 26.8 Å². The van der Waals surface area contributed by atoms with Crippen molar-refractivity contribution in [1.82, 2.24) is 10.3 Å². The molecule has 0 saturated heterocycles. The van der Waals surface area contributed by atoms with Crippen molar-refractivity contribution in [3.8, 4) is 0 Å². The fourth-order valence-corrected chi connectivity index (χ4v) is 3.46. The third-order valence-corrected chi connectivity index (χ3v) is 4.61. The molecule has 0 radical (unpaired) electrons. The van der Waals surface area contributed by atoms with E-state index in [1.807, 2.05) is 31.3 Å². The van der Waals surface area contributed by atoms with Crippen molar-refractivity contribution in [1.29, 1.82) is 0 Å². The minimum absolute atomic E-state index is 0.343. The Kier molecular flexibility index (Phi) is 6.64. The number of aromatic nitrogens is 1. The Balaban J connectivity index is 2.08. The van der Waals surface area contributed by atoms with Gasteiger partial charge >= 0.3 is 0 Å². The predicted molar refractivity (Wildman–Crippen MR) is 89.5 cm³/mol. The molecule has 3 nitrogen and oxygen atoms in total. The first-order valence-electron chi connectivity index (χ1n) is 7.06. The SMILES string of the molecule is COCCNCC(Cc1cnc(C)s1)c1ccccc1Cl. The Labute approximate surface area is 135 Å². The zero-order valence-electron chi connectivity index (χ0n) is 12.4. The lowest BCUT2D eigenvalue weighted by atomic mass is 9.95. The molecule has 0 aliphatic carbocycles. The van der Waals surface area contributed by atoms with Crippen LogP contribution in [0.1, 0.15) is 21.4 Å². The summed E-state index contributed by atoms with van der Waals surface area (Å²) in [6.07, 6.45) is 2.92. The van der Waals surface area contributed by atoms with Crippen LogP contribution in [0.15, 0.2) is 30.5 Å². The lowest BCUT2D eigenvalue weighted by molar-refractivity contribution is 0.199. The summed E-state index contributed by atoms with van der Waals surface area (Å²) in [7, 11) is 1.72. The standard InChI is InChI=1S/C16H21ClN2OS/c1-12-19-11-14(21-12)9-13(10-18-7-8-20-2)15-5-3-4-6-16(15)17/h3-6,11,13,18H,7-10H2,1-2H3. The number of thiazole rings is 1. The molecule has 0 saturated carbocycles. The van der Waals surface area contributed by atoms with Crippen molar-refractivity contribution >= 4 is 22.9 Å². The first-order valence-corrected chi connectivity index (χ1v) is 8.25. The van der Waals surface area contributed by atoms with Gasteiger partial charge in [-0.15, -0.1) is 11.3 Å². The molecule has 1 N–H and O–H groups in total. The molecule has 5 heteroatoms. The van der Waals surface area contributed by atoms with Crippen LogP contribution in [-0.4, -0.2) is 31.8 Å². The summed E-state index contributed by atoms with van der Waals surface area (Å²) in [6, 6.07) is 8.08. The van der Waals surface area contributed by atoms with Crippen LogP contribution in [0.2, 0.25) is 5.02 Å². The molecule has 2 aromatic rings. The van der Waals surface area contributed by atoms with Crippen LogP contribution in [0.25, 0.3) is 0 Å². The van der Waals surface area contributed by atoms with Crippen molar-refractivity contribution < 1.29 is 4.74 Å². The lowest BCUT2D eigenvalue weighted by Gasteiger charge is -2.18. The maximum atomic E-state index is 6.37. The molecule has 0 fully saturated rings. The predicted octanol–water partition coefficient (Wildman–Crippen LogP) is 3.67. The van der Waals surface area contributed by atoms with Gasteiger partial charge in [0.15, 0.2) is 0 Å². The summed E-state index contributed by atoms with van der Waals surface area (Å²) in [5, 5.41) is 5.38. The third-order valence-electron chi connectivity index (χ3n) is 3.34. The average Bonchev–Trinajstić information content (AvgIpc) is 2.88. The van der Waals surface area contributed by atoms with Crippen LogP contribution in [0.3, 0.4) is 0 Å². The Morgan fingerprint density at radius 2 is 2.19 bits per heavy atom. The zero-order valence-corrected chi connectivity index (χ0v) is 14.0. The molecule has 0 aliphatic rings. The molecule has 0 amide bonds. The van der Waals surface area contributed by atoms with E-state index in [9.17, 15) is 0 Å². The topological polar surface area (TPSA) is 34.1 Å². The van der Waals surface area contributed by atoms with Gasteiger partial charge in [-0.05, 0) is 25.0 Å². The molecule has 2 rings (SSSR count). The highest BCUT2D eigenvalue weighted by Crippen LogP contribution is 2.28. The lowest BCUT2D eigenvalue weighted by Crippen LogP contribution is -2.26. The Bertz CT molecular complexity index is 559. The van der Waals surface area contributed by atoms with Crippen molar-refractivity contribution in [2.45, 2.75) is 19.3 Å². The Hall–Kier alpha value is -0.940. The molecule has 21 heavy (non-hydrogen) atoms. The summed E-state index contributed by atoms with van der Waals surface area (Å²) in [5.74, 6) is 0.343. The number of benzene rings is 1. The maximum absolute atomic E-state index is 6.37. The molecule has 1 aromatic heterocycles. The quantitative estimate of drug-likeness (QED) is 0.752. The van der Waals surface area contributed by atoms with Crippen LogP contribution in [-0.2, 0) is 11.2 Å². The molecule has 0 aliphatic heterocycles. The van der Waals surface area contributed by atoms with Gasteiger partial charge in [-0.3, -0.25) is 0 Å². The maximum Gasteiger partial charge on any atom is 0.0896 e. The number of halogens is 1. The largest absolute Gasteiger partial charge is 0.383 e. The van der Waals surface area contributed by atoms with Gasteiger partial charge in [0.05, 0.1) is 11.6 Å². The highest BCUT2D eigenvalue weighted by atomic mass is 35.5. The van der Waals surface area contributed by atoms with Crippen LogP contribution < -0.4 is 5.32 Å². The summed E-state index contributed by atoms with van der Waals surface area (Å²) in [6.45, 7) is 4.48. The van der Waals surface area contributed by atoms with Gasteiger partial charge in [0.1, 0.15) is 0 Å². The number of methoxy groups -OCH3 is 1. The monoisotopic (exact) mass is 324 g/mol. The van der Waals surface area contributed by atoms with Crippen molar-refractivity contribution in [3.05, 3.63) is 50.9 Å². The number of hydrogen-bond acceptors (Lipinski definition) is 4.